The van der Waals surface area contributed by atoms with Gasteiger partial charge in [-0.3, -0.25) is 8.80 Å². The van der Waals surface area contributed by atoms with Crippen molar-refractivity contribution in [3.8, 4) is 11.1 Å². The number of nitrogens with zero attached hydrogens (tertiary/aromatic N) is 3. The fourth-order valence-corrected chi connectivity index (χ4v) is 9.92. The average molecular weight is 680 g/mol. The molecule has 4 heteroatoms. The molecule has 12 aromatic rings. The van der Waals surface area contributed by atoms with Crippen LogP contribution in [-0.4, -0.2) is 8.80 Å². The molecule has 52 heavy (non-hydrogen) atoms. The number of thiophene rings is 1. The Morgan fingerprint density at radius 2 is 1.02 bits per heavy atom. The lowest BCUT2D eigenvalue weighted by atomic mass is 9.98. The molecule has 0 saturated heterocycles. The first-order valence-electron chi connectivity index (χ1n) is 17.8. The highest BCUT2D eigenvalue weighted by Gasteiger charge is 2.26. The van der Waals surface area contributed by atoms with Crippen molar-refractivity contribution < 1.29 is 0 Å². The smallest absolute Gasteiger partial charge is 0.131 e. The van der Waals surface area contributed by atoms with Crippen LogP contribution in [0.15, 0.2) is 176 Å². The third-order valence-corrected chi connectivity index (χ3v) is 12.2. The first kappa shape index (κ1) is 28.1. The number of benzene rings is 8. The van der Waals surface area contributed by atoms with E-state index < -0.39 is 0 Å². The Hall–Kier alpha value is -6.62. The third kappa shape index (κ3) is 3.74. The van der Waals surface area contributed by atoms with E-state index in [9.17, 15) is 0 Å². The van der Waals surface area contributed by atoms with Gasteiger partial charge in [0.1, 0.15) is 5.65 Å². The van der Waals surface area contributed by atoms with Crippen molar-refractivity contribution in [3.63, 3.8) is 0 Å². The molecule has 12 rings (SSSR count). The first-order valence-corrected chi connectivity index (χ1v) is 18.6. The van der Waals surface area contributed by atoms with Gasteiger partial charge in [0, 0.05) is 47.7 Å². The van der Waals surface area contributed by atoms with Crippen molar-refractivity contribution in [1.29, 1.82) is 0 Å². The Morgan fingerprint density at radius 1 is 0.404 bits per heavy atom. The van der Waals surface area contributed by atoms with Gasteiger partial charge in [0.15, 0.2) is 0 Å². The Morgan fingerprint density at radius 3 is 1.87 bits per heavy atom. The molecule has 0 radical (unpaired) electrons. The molecule has 8 aromatic carbocycles. The van der Waals surface area contributed by atoms with Gasteiger partial charge in [0.05, 0.1) is 27.8 Å². The highest BCUT2D eigenvalue weighted by molar-refractivity contribution is 7.25. The van der Waals surface area contributed by atoms with Crippen LogP contribution in [-0.2, 0) is 0 Å². The van der Waals surface area contributed by atoms with Gasteiger partial charge in [0.2, 0.25) is 0 Å². The number of imidazole rings is 1. The monoisotopic (exact) mass is 679 g/mol. The molecule has 0 aliphatic carbocycles. The van der Waals surface area contributed by atoms with Crippen LogP contribution in [0.25, 0.3) is 85.9 Å². The fraction of sp³-hybridized carbons (Fsp3) is 0. The second kappa shape index (κ2) is 10.5. The van der Waals surface area contributed by atoms with E-state index in [1.165, 1.54) is 91.6 Å². The lowest BCUT2D eigenvalue weighted by Crippen LogP contribution is -2.10. The van der Waals surface area contributed by atoms with Crippen molar-refractivity contribution in [2.75, 3.05) is 4.90 Å². The lowest BCUT2D eigenvalue weighted by Gasteiger charge is -2.27. The number of anilines is 3. The molecule has 0 fully saturated rings. The fourth-order valence-electron chi connectivity index (χ4n) is 8.83. The van der Waals surface area contributed by atoms with E-state index in [0.29, 0.717) is 0 Å². The summed E-state index contributed by atoms with van der Waals surface area (Å²) in [5.74, 6) is 0. The predicted molar refractivity (Wildman–Crippen MR) is 223 cm³/mol. The predicted octanol–water partition coefficient (Wildman–Crippen LogP) is 13.7. The molecule has 4 heterocycles. The van der Waals surface area contributed by atoms with Crippen molar-refractivity contribution in [1.82, 2.24) is 8.80 Å². The molecule has 0 N–H and O–H groups in total. The first-order chi connectivity index (χ1) is 25.8. The molecular weight excluding hydrogens is 651 g/mol. The second-order valence-corrected chi connectivity index (χ2v) is 14.8. The van der Waals surface area contributed by atoms with E-state index in [0.717, 1.165) is 11.4 Å². The maximum Gasteiger partial charge on any atom is 0.131 e. The van der Waals surface area contributed by atoms with Gasteiger partial charge in [-0.15, -0.1) is 11.3 Å². The lowest BCUT2D eigenvalue weighted by molar-refractivity contribution is 1.28. The molecule has 3 nitrogen and oxygen atoms in total. The van der Waals surface area contributed by atoms with E-state index in [-0.39, 0.29) is 0 Å². The zero-order valence-corrected chi connectivity index (χ0v) is 28.8. The van der Waals surface area contributed by atoms with Gasteiger partial charge in [-0.2, -0.15) is 0 Å². The summed E-state index contributed by atoms with van der Waals surface area (Å²) in [6.45, 7) is 0. The quantitative estimate of drug-likeness (QED) is 0.180. The topological polar surface area (TPSA) is 12.1 Å². The normalized spacial score (nSPS) is 12.2. The minimum absolute atomic E-state index is 1.12. The minimum Gasteiger partial charge on any atom is -0.310 e. The van der Waals surface area contributed by atoms with Gasteiger partial charge in [-0.05, 0) is 88.6 Å². The summed E-state index contributed by atoms with van der Waals surface area (Å²) in [6, 6.07) is 64.7. The minimum atomic E-state index is 1.12. The van der Waals surface area contributed by atoms with Crippen LogP contribution in [0.4, 0.5) is 17.1 Å². The van der Waals surface area contributed by atoms with Gasteiger partial charge in [-0.1, -0.05) is 109 Å². The Bertz CT molecular complexity index is 3350. The third-order valence-electron chi connectivity index (χ3n) is 11.0. The van der Waals surface area contributed by atoms with E-state index >= 15 is 0 Å². The molecule has 4 aromatic heterocycles. The molecule has 0 unspecified atom stereocenters. The molecule has 0 atom stereocenters. The summed E-state index contributed by atoms with van der Waals surface area (Å²) in [5, 5.41) is 8.93. The van der Waals surface area contributed by atoms with Crippen molar-refractivity contribution in [2.45, 2.75) is 0 Å². The number of aromatic nitrogens is 2. The van der Waals surface area contributed by atoms with Gasteiger partial charge < -0.3 is 4.90 Å². The molecule has 0 amide bonds. The molecule has 242 valence electrons. The van der Waals surface area contributed by atoms with Crippen molar-refractivity contribution in [2.24, 2.45) is 0 Å². The largest absolute Gasteiger partial charge is 0.310 e. The van der Waals surface area contributed by atoms with Crippen molar-refractivity contribution in [3.05, 3.63) is 176 Å². The second-order valence-electron chi connectivity index (χ2n) is 13.7. The summed E-state index contributed by atoms with van der Waals surface area (Å²) in [4.78, 5) is 2.48. The maximum absolute atomic E-state index is 2.48. The van der Waals surface area contributed by atoms with Crippen LogP contribution < -0.4 is 4.90 Å². The molecule has 0 bridgehead atoms. The number of para-hydroxylation sites is 3. The Labute approximate surface area is 302 Å². The average Bonchev–Trinajstić information content (AvgIpc) is 3.94. The zero-order valence-electron chi connectivity index (χ0n) is 28.0. The number of fused-ring (bicyclic) bond motifs is 13. The van der Waals surface area contributed by atoms with Crippen LogP contribution in [0.5, 0.6) is 0 Å². The van der Waals surface area contributed by atoms with E-state index in [1.807, 2.05) is 11.3 Å². The standard InChI is InChI=1S/C48H29N3S/c1-2-13-34-30(11-1)12-9-16-35(34)31-23-25-32(26-24-31)49(33-27-28-45-38(29-33)36-14-4-8-22-44(36)52-45)42-20-10-21-43-47(42)46-37-15-3-5-17-39(37)50-40-18-6-7-19-41(40)51(43)48(46)50/h1-29H. The molecular formula is C48H29N3S. The zero-order chi connectivity index (χ0) is 33.9. The van der Waals surface area contributed by atoms with E-state index in [4.69, 9.17) is 0 Å². The number of hydrogen-bond acceptors (Lipinski definition) is 2. The molecule has 0 spiro atoms. The SMILES string of the molecule is c1ccc2c(-c3ccc(N(c4ccc5sc6ccccc6c5c4)c4cccc5c4c4c6ccccc6n6c7ccccc7n5c46)cc3)cccc2c1. The summed E-state index contributed by atoms with van der Waals surface area (Å²) in [7, 11) is 0. The summed E-state index contributed by atoms with van der Waals surface area (Å²) in [6.07, 6.45) is 0. The Kier molecular flexibility index (Phi) is 5.65. The van der Waals surface area contributed by atoms with E-state index in [2.05, 4.69) is 190 Å². The van der Waals surface area contributed by atoms with Crippen LogP contribution in [0.1, 0.15) is 0 Å². The van der Waals surface area contributed by atoms with Gasteiger partial charge in [0.25, 0.3) is 0 Å². The van der Waals surface area contributed by atoms with Crippen molar-refractivity contribution >= 4 is 103 Å². The summed E-state index contributed by atoms with van der Waals surface area (Å²) >= 11 is 1.86. The highest BCUT2D eigenvalue weighted by Crippen LogP contribution is 2.48. The number of rotatable bonds is 4. The summed E-state index contributed by atoms with van der Waals surface area (Å²) < 4.78 is 7.55. The van der Waals surface area contributed by atoms with Gasteiger partial charge >= 0.3 is 0 Å². The Balaban J connectivity index is 1.16. The van der Waals surface area contributed by atoms with E-state index in [1.54, 1.807) is 0 Å². The van der Waals surface area contributed by atoms with Crippen LogP contribution in [0, 0.1) is 0 Å². The molecule has 0 aliphatic heterocycles. The van der Waals surface area contributed by atoms with Gasteiger partial charge in [-0.25, -0.2) is 0 Å². The summed E-state index contributed by atoms with van der Waals surface area (Å²) in [5.41, 5.74) is 12.0. The van der Waals surface area contributed by atoms with Crippen LogP contribution >= 0.6 is 11.3 Å². The van der Waals surface area contributed by atoms with Crippen LogP contribution in [0.2, 0.25) is 0 Å². The number of hydrogen-bond donors (Lipinski definition) is 0. The maximum atomic E-state index is 2.48. The molecule has 0 aliphatic rings. The molecule has 0 saturated carbocycles. The van der Waals surface area contributed by atoms with Crippen LogP contribution in [0.3, 0.4) is 0 Å². The highest BCUT2D eigenvalue weighted by atomic mass is 32.1.